The summed E-state index contributed by atoms with van der Waals surface area (Å²) in [7, 11) is 0. The van der Waals surface area contributed by atoms with Gasteiger partial charge in [-0.15, -0.1) is 0 Å². The molecule has 3 aromatic heterocycles. The molecule has 3 N–H and O–H groups in total. The highest BCUT2D eigenvalue weighted by Gasteiger charge is 2.27. The van der Waals surface area contributed by atoms with E-state index in [4.69, 9.17) is 0 Å². The first-order valence-electron chi connectivity index (χ1n) is 12.0. The second-order valence-electron chi connectivity index (χ2n) is 10.1. The summed E-state index contributed by atoms with van der Waals surface area (Å²) in [6, 6.07) is 8.89. The van der Waals surface area contributed by atoms with Gasteiger partial charge >= 0.3 is 0 Å². The number of benzene rings is 1. The predicted molar refractivity (Wildman–Crippen MR) is 136 cm³/mol. The molecule has 1 aliphatic heterocycles. The number of fused-ring (bicyclic) bond motifs is 2. The predicted octanol–water partition coefficient (Wildman–Crippen LogP) is 3.49. The van der Waals surface area contributed by atoms with Crippen molar-refractivity contribution in [3.63, 3.8) is 0 Å². The number of nitrogens with zero attached hydrogens (tertiary/aromatic N) is 5. The standard InChI is InChI=1S/C26H30FN7O2/c1-6-33-23(35)17-14-28-24(30-16-7-8-18-15(13-16)11-12-29-25(18,2)3)32-22(17)34(33)20-10-9-19(27)21(31-20)26(4,5)36/h7-10,13-14,29,36H,6,11-12H2,1-5H3,(H,28,30,32). The first-order valence-corrected chi connectivity index (χ1v) is 12.0. The number of nitrogens with one attached hydrogen (secondary N) is 2. The van der Waals surface area contributed by atoms with Gasteiger partial charge in [0.05, 0.1) is 0 Å². The fraction of sp³-hybridized carbons (Fsp3) is 0.385. The van der Waals surface area contributed by atoms with Gasteiger partial charge in [-0.05, 0) is 83.0 Å². The maximum absolute atomic E-state index is 14.4. The molecule has 1 aliphatic rings. The third kappa shape index (κ3) is 4.06. The molecule has 188 valence electrons. The molecule has 1 aromatic carbocycles. The van der Waals surface area contributed by atoms with E-state index in [1.807, 2.05) is 13.0 Å². The molecular formula is C26H30FN7O2. The maximum Gasteiger partial charge on any atom is 0.278 e. The van der Waals surface area contributed by atoms with Gasteiger partial charge in [0.2, 0.25) is 5.95 Å². The van der Waals surface area contributed by atoms with E-state index in [2.05, 4.69) is 51.6 Å². The lowest BCUT2D eigenvalue weighted by molar-refractivity contribution is 0.0694. The normalized spacial score (nSPS) is 15.2. The van der Waals surface area contributed by atoms with Crippen LogP contribution in [0.3, 0.4) is 0 Å². The quantitative estimate of drug-likeness (QED) is 0.392. The van der Waals surface area contributed by atoms with Crippen LogP contribution in [0.4, 0.5) is 16.0 Å². The monoisotopic (exact) mass is 491 g/mol. The fourth-order valence-corrected chi connectivity index (χ4v) is 4.81. The van der Waals surface area contributed by atoms with Crippen molar-refractivity contribution < 1.29 is 9.50 Å². The molecule has 0 aliphatic carbocycles. The minimum Gasteiger partial charge on any atom is -0.384 e. The molecule has 0 fully saturated rings. The molecule has 0 saturated carbocycles. The minimum atomic E-state index is -1.50. The summed E-state index contributed by atoms with van der Waals surface area (Å²) >= 11 is 0. The van der Waals surface area contributed by atoms with Gasteiger partial charge in [0.1, 0.15) is 22.5 Å². The number of halogens is 1. The van der Waals surface area contributed by atoms with Gasteiger partial charge in [-0.1, -0.05) is 6.07 Å². The summed E-state index contributed by atoms with van der Waals surface area (Å²) in [4.78, 5) is 26.4. The van der Waals surface area contributed by atoms with Gasteiger partial charge in [0.15, 0.2) is 11.5 Å². The van der Waals surface area contributed by atoms with E-state index < -0.39 is 11.4 Å². The lowest BCUT2D eigenvalue weighted by atomic mass is 9.85. The number of aliphatic hydroxyl groups is 1. The summed E-state index contributed by atoms with van der Waals surface area (Å²) in [6.45, 7) is 10.3. The molecule has 9 nitrogen and oxygen atoms in total. The van der Waals surface area contributed by atoms with E-state index in [0.29, 0.717) is 23.5 Å². The van der Waals surface area contributed by atoms with Crippen molar-refractivity contribution >= 4 is 22.7 Å². The molecule has 0 unspecified atom stereocenters. The molecule has 0 amide bonds. The summed E-state index contributed by atoms with van der Waals surface area (Å²) < 4.78 is 17.4. The Morgan fingerprint density at radius 2 is 2.00 bits per heavy atom. The Morgan fingerprint density at radius 3 is 2.72 bits per heavy atom. The highest BCUT2D eigenvalue weighted by atomic mass is 19.1. The van der Waals surface area contributed by atoms with E-state index in [9.17, 15) is 14.3 Å². The first-order chi connectivity index (χ1) is 17.0. The molecular weight excluding hydrogens is 461 g/mol. The average Bonchev–Trinajstić information content (AvgIpc) is 3.09. The third-order valence-electron chi connectivity index (χ3n) is 6.60. The molecule has 0 spiro atoms. The average molecular weight is 492 g/mol. The molecule has 10 heteroatoms. The fourth-order valence-electron chi connectivity index (χ4n) is 4.81. The van der Waals surface area contributed by atoms with Crippen LogP contribution in [0, 0.1) is 5.82 Å². The van der Waals surface area contributed by atoms with Gasteiger partial charge in [-0.3, -0.25) is 4.79 Å². The highest BCUT2D eigenvalue weighted by Crippen LogP contribution is 2.31. The van der Waals surface area contributed by atoms with Crippen LogP contribution >= 0.6 is 0 Å². The van der Waals surface area contributed by atoms with Gasteiger partial charge in [-0.25, -0.2) is 23.7 Å². The van der Waals surface area contributed by atoms with Gasteiger partial charge in [-0.2, -0.15) is 4.98 Å². The van der Waals surface area contributed by atoms with E-state index in [1.165, 1.54) is 48.0 Å². The Hall–Kier alpha value is -3.63. The summed E-state index contributed by atoms with van der Waals surface area (Å²) in [6.07, 6.45) is 2.41. The smallest absolute Gasteiger partial charge is 0.278 e. The molecule has 5 rings (SSSR count). The number of hydrogen-bond acceptors (Lipinski definition) is 7. The SMILES string of the molecule is CCn1c(=O)c2cnc(Nc3ccc4c(c3)CCNC4(C)C)nc2n1-c1ccc(F)c(C(C)(C)O)n1. The Bertz CT molecular complexity index is 1530. The van der Waals surface area contributed by atoms with Crippen molar-refractivity contribution in [3.8, 4) is 5.82 Å². The molecule has 0 bridgehead atoms. The molecule has 4 heterocycles. The molecule has 36 heavy (non-hydrogen) atoms. The van der Waals surface area contributed by atoms with E-state index in [-0.39, 0.29) is 22.6 Å². The van der Waals surface area contributed by atoms with Crippen molar-refractivity contribution in [2.45, 2.75) is 58.7 Å². The second kappa shape index (κ2) is 8.49. The summed E-state index contributed by atoms with van der Waals surface area (Å²) in [5.74, 6) is -0.0333. The summed E-state index contributed by atoms with van der Waals surface area (Å²) in [5, 5.41) is 17.5. The zero-order valence-corrected chi connectivity index (χ0v) is 21.1. The Morgan fingerprint density at radius 1 is 1.22 bits per heavy atom. The highest BCUT2D eigenvalue weighted by molar-refractivity contribution is 5.77. The Balaban J connectivity index is 1.60. The first kappa shape index (κ1) is 24.1. The van der Waals surface area contributed by atoms with Crippen LogP contribution in [0.2, 0.25) is 0 Å². The third-order valence-corrected chi connectivity index (χ3v) is 6.60. The lowest BCUT2D eigenvalue weighted by Gasteiger charge is -2.34. The van der Waals surface area contributed by atoms with Crippen LogP contribution in [0.1, 0.15) is 51.4 Å². The van der Waals surface area contributed by atoms with Crippen LogP contribution in [-0.2, 0) is 24.1 Å². The second-order valence-corrected chi connectivity index (χ2v) is 10.1. The van der Waals surface area contributed by atoms with Crippen LogP contribution in [0.25, 0.3) is 16.9 Å². The molecule has 0 atom stereocenters. The number of aromatic nitrogens is 5. The van der Waals surface area contributed by atoms with Crippen LogP contribution in [-0.4, -0.2) is 36.0 Å². The van der Waals surface area contributed by atoms with E-state index in [1.54, 1.807) is 4.68 Å². The van der Waals surface area contributed by atoms with Crippen molar-refractivity contribution in [1.29, 1.82) is 0 Å². The number of rotatable bonds is 5. The molecule has 0 radical (unpaired) electrons. The van der Waals surface area contributed by atoms with Gasteiger partial charge < -0.3 is 15.7 Å². The zero-order chi connectivity index (χ0) is 25.8. The lowest BCUT2D eigenvalue weighted by Crippen LogP contribution is -2.42. The minimum absolute atomic E-state index is 0.0925. The van der Waals surface area contributed by atoms with E-state index in [0.717, 1.165) is 18.7 Å². The summed E-state index contributed by atoms with van der Waals surface area (Å²) in [5.41, 5.74) is 1.71. The molecule has 4 aromatic rings. The topological polar surface area (TPSA) is 110 Å². The zero-order valence-electron chi connectivity index (χ0n) is 21.1. The largest absolute Gasteiger partial charge is 0.384 e. The van der Waals surface area contributed by atoms with E-state index >= 15 is 0 Å². The number of hydrogen-bond donors (Lipinski definition) is 3. The van der Waals surface area contributed by atoms with Crippen molar-refractivity contribution in [2.24, 2.45) is 0 Å². The Labute approximate surface area is 208 Å². The van der Waals surface area contributed by atoms with Crippen LogP contribution < -0.4 is 16.2 Å². The van der Waals surface area contributed by atoms with Crippen molar-refractivity contribution in [3.05, 3.63) is 69.5 Å². The van der Waals surface area contributed by atoms with Gasteiger partial charge in [0.25, 0.3) is 5.56 Å². The number of anilines is 2. The van der Waals surface area contributed by atoms with Gasteiger partial charge in [0, 0.05) is 24.0 Å². The molecule has 0 saturated heterocycles. The van der Waals surface area contributed by atoms with Crippen molar-refractivity contribution in [2.75, 3.05) is 11.9 Å². The maximum atomic E-state index is 14.4. The van der Waals surface area contributed by atoms with Crippen LogP contribution in [0.5, 0.6) is 0 Å². The Kier molecular flexibility index (Phi) is 5.68. The number of pyridine rings is 1. The van der Waals surface area contributed by atoms with Crippen LogP contribution in [0.15, 0.2) is 41.3 Å². The van der Waals surface area contributed by atoms with Crippen molar-refractivity contribution in [1.82, 2.24) is 29.6 Å².